The highest BCUT2D eigenvalue weighted by Crippen LogP contribution is 2.58. The molecule has 1 N–H and O–H groups in total. The van der Waals surface area contributed by atoms with Crippen molar-refractivity contribution in [2.45, 2.75) is 75.5 Å². The van der Waals surface area contributed by atoms with Crippen molar-refractivity contribution >= 4 is 23.6 Å². The third kappa shape index (κ3) is 4.55. The molecule has 1 amide bonds. The summed E-state index contributed by atoms with van der Waals surface area (Å²) in [4.78, 5) is 26.4. The van der Waals surface area contributed by atoms with E-state index in [2.05, 4.69) is 24.3 Å². The number of hydrogen-bond acceptors (Lipinski definition) is 2. The van der Waals surface area contributed by atoms with Crippen LogP contribution in [0.3, 0.4) is 0 Å². The summed E-state index contributed by atoms with van der Waals surface area (Å²) in [5, 5.41) is 9.00. The molecule has 4 nitrogen and oxygen atoms in total. The minimum atomic E-state index is -0.963. The molecular weight excluding hydrogens is 434 g/mol. The van der Waals surface area contributed by atoms with Crippen LogP contribution in [0.2, 0.25) is 0 Å². The Morgan fingerprint density at radius 3 is 2.20 bits per heavy atom. The summed E-state index contributed by atoms with van der Waals surface area (Å²) in [5.74, 6) is 0.244. The SMILES string of the molecule is O=C(O)/C=C/c1cccc(N(CC23CCC(c4ccc(C5CC5)cc4)(CC2)CC3)C(=O)C2CC2)c1. The van der Waals surface area contributed by atoms with E-state index in [-0.39, 0.29) is 17.2 Å². The van der Waals surface area contributed by atoms with Crippen LogP contribution in [0.4, 0.5) is 5.69 Å². The molecule has 0 unspecified atom stereocenters. The van der Waals surface area contributed by atoms with Crippen LogP contribution >= 0.6 is 0 Å². The molecule has 0 aromatic heterocycles. The van der Waals surface area contributed by atoms with E-state index in [1.807, 2.05) is 29.2 Å². The van der Waals surface area contributed by atoms with Crippen molar-refractivity contribution < 1.29 is 14.7 Å². The smallest absolute Gasteiger partial charge is 0.328 e. The number of carboxylic acids is 1. The molecule has 35 heavy (non-hydrogen) atoms. The first-order valence-corrected chi connectivity index (χ1v) is 13.4. The van der Waals surface area contributed by atoms with Crippen molar-refractivity contribution in [3.63, 3.8) is 0 Å². The summed E-state index contributed by atoms with van der Waals surface area (Å²) in [7, 11) is 0. The van der Waals surface area contributed by atoms with Crippen LogP contribution in [-0.2, 0) is 15.0 Å². The number of benzene rings is 2. The number of hydrogen-bond donors (Lipinski definition) is 1. The fourth-order valence-corrected chi connectivity index (χ4v) is 6.61. The van der Waals surface area contributed by atoms with Crippen LogP contribution in [0.25, 0.3) is 6.08 Å². The molecule has 5 aliphatic rings. The first kappa shape index (κ1) is 22.6. The second kappa shape index (κ2) is 8.65. The van der Waals surface area contributed by atoms with Gasteiger partial charge in [-0.15, -0.1) is 0 Å². The number of carboxylic acid groups (broad SMARTS) is 1. The van der Waals surface area contributed by atoms with E-state index in [0.717, 1.165) is 42.6 Å². The molecule has 2 aromatic carbocycles. The molecule has 2 bridgehead atoms. The Hall–Kier alpha value is -2.88. The van der Waals surface area contributed by atoms with Crippen LogP contribution in [0.15, 0.2) is 54.6 Å². The molecule has 0 aliphatic heterocycles. The summed E-state index contributed by atoms with van der Waals surface area (Å²) >= 11 is 0. The molecule has 7 rings (SSSR count). The van der Waals surface area contributed by atoms with E-state index in [9.17, 15) is 9.59 Å². The predicted molar refractivity (Wildman–Crippen MR) is 138 cm³/mol. The minimum Gasteiger partial charge on any atom is -0.478 e. The Morgan fingerprint density at radius 2 is 1.60 bits per heavy atom. The minimum absolute atomic E-state index is 0.154. The lowest BCUT2D eigenvalue weighted by Crippen LogP contribution is -2.51. The summed E-state index contributed by atoms with van der Waals surface area (Å²) in [6.45, 7) is 0.783. The summed E-state index contributed by atoms with van der Waals surface area (Å²) in [5.41, 5.74) is 5.27. The van der Waals surface area contributed by atoms with Crippen molar-refractivity contribution in [1.82, 2.24) is 0 Å². The average molecular weight is 470 g/mol. The van der Waals surface area contributed by atoms with Crippen molar-refractivity contribution in [2.75, 3.05) is 11.4 Å². The number of nitrogens with zero attached hydrogens (tertiary/aromatic N) is 1. The van der Waals surface area contributed by atoms with Gasteiger partial charge in [0.05, 0.1) is 0 Å². The number of carbonyl (C=O) groups excluding carboxylic acids is 1. The highest BCUT2D eigenvalue weighted by molar-refractivity contribution is 5.97. The van der Waals surface area contributed by atoms with Crippen LogP contribution in [0.1, 0.15) is 86.8 Å². The molecule has 0 atom stereocenters. The topological polar surface area (TPSA) is 57.6 Å². The lowest BCUT2D eigenvalue weighted by Gasteiger charge is -2.55. The summed E-state index contributed by atoms with van der Waals surface area (Å²) in [6, 6.07) is 17.4. The van der Waals surface area contributed by atoms with Crippen molar-refractivity contribution in [2.24, 2.45) is 11.3 Å². The Bertz CT molecular complexity index is 1130. The third-order valence-corrected chi connectivity index (χ3v) is 9.26. The van der Waals surface area contributed by atoms with Gasteiger partial charge in [0.2, 0.25) is 5.91 Å². The standard InChI is InChI=1S/C31H35NO3/c33-28(34)13-4-22-2-1-3-27(20-22)32(29(35)25-7-8-25)21-30-14-17-31(18-15-30,19-16-30)26-11-9-24(10-12-26)23-5-6-23/h1-4,9-13,20,23,25H,5-8,14-19,21H2,(H,33,34)/b13-4+. The maximum atomic E-state index is 13.4. The first-order chi connectivity index (χ1) is 17.0. The van der Waals surface area contributed by atoms with Crippen molar-refractivity contribution in [1.29, 1.82) is 0 Å². The van der Waals surface area contributed by atoms with Gasteiger partial charge in [0, 0.05) is 24.2 Å². The third-order valence-electron chi connectivity index (χ3n) is 9.26. The normalized spacial score (nSPS) is 27.8. The fraction of sp³-hybridized carbons (Fsp3) is 0.484. The maximum absolute atomic E-state index is 13.4. The van der Waals surface area contributed by atoms with E-state index in [1.165, 1.54) is 62.5 Å². The zero-order chi connectivity index (χ0) is 24.0. The number of rotatable bonds is 8. The van der Waals surface area contributed by atoms with E-state index < -0.39 is 5.97 Å². The second-order valence-corrected chi connectivity index (χ2v) is 11.6. The van der Waals surface area contributed by atoms with Gasteiger partial charge in [-0.2, -0.15) is 0 Å². The van der Waals surface area contributed by atoms with Gasteiger partial charge >= 0.3 is 5.97 Å². The fourth-order valence-electron chi connectivity index (χ4n) is 6.61. The lowest BCUT2D eigenvalue weighted by molar-refractivity contribution is -0.131. The van der Waals surface area contributed by atoms with Gasteiger partial charge < -0.3 is 10.0 Å². The molecule has 0 saturated heterocycles. The van der Waals surface area contributed by atoms with Crippen molar-refractivity contribution in [3.05, 3.63) is 71.3 Å². The Balaban J connectivity index is 1.20. The number of fused-ring (bicyclic) bond motifs is 3. The largest absolute Gasteiger partial charge is 0.478 e. The highest BCUT2D eigenvalue weighted by atomic mass is 16.4. The summed E-state index contributed by atoms with van der Waals surface area (Å²) < 4.78 is 0. The van der Waals surface area contributed by atoms with E-state index in [1.54, 1.807) is 6.08 Å². The maximum Gasteiger partial charge on any atom is 0.328 e. The number of amides is 1. The number of aliphatic carboxylic acids is 1. The van der Waals surface area contributed by atoms with Crippen LogP contribution in [-0.4, -0.2) is 23.5 Å². The van der Waals surface area contributed by atoms with Gasteiger partial charge in [-0.25, -0.2) is 4.79 Å². The zero-order valence-electron chi connectivity index (χ0n) is 20.4. The van der Waals surface area contributed by atoms with Crippen molar-refractivity contribution in [3.8, 4) is 0 Å². The molecule has 2 aromatic rings. The monoisotopic (exact) mass is 469 g/mol. The summed E-state index contributed by atoms with van der Waals surface area (Å²) in [6.07, 6.45) is 14.6. The van der Waals surface area contributed by atoms with Gasteiger partial charge in [0.25, 0.3) is 0 Å². The van der Waals surface area contributed by atoms with Crippen LogP contribution < -0.4 is 4.90 Å². The van der Waals surface area contributed by atoms with Gasteiger partial charge in [-0.1, -0.05) is 36.4 Å². The highest BCUT2D eigenvalue weighted by Gasteiger charge is 2.51. The van der Waals surface area contributed by atoms with E-state index in [4.69, 9.17) is 5.11 Å². The van der Waals surface area contributed by atoms with E-state index in [0.29, 0.717) is 5.41 Å². The molecule has 182 valence electrons. The van der Waals surface area contributed by atoms with Crippen LogP contribution in [0.5, 0.6) is 0 Å². The molecule has 0 spiro atoms. The van der Waals surface area contributed by atoms with Gasteiger partial charge in [0.15, 0.2) is 0 Å². The number of carbonyl (C=O) groups is 2. The Kier molecular flexibility index (Phi) is 5.58. The second-order valence-electron chi connectivity index (χ2n) is 11.6. The number of anilines is 1. The lowest BCUT2D eigenvalue weighted by atomic mass is 9.51. The zero-order valence-corrected chi connectivity index (χ0v) is 20.4. The Morgan fingerprint density at radius 1 is 0.914 bits per heavy atom. The molecule has 5 aliphatic carbocycles. The molecule has 0 radical (unpaired) electrons. The molecule has 5 fully saturated rings. The average Bonchev–Trinajstić information content (AvgIpc) is 3.80. The molecular formula is C31H35NO3. The van der Waals surface area contributed by atoms with Gasteiger partial charge in [0.1, 0.15) is 0 Å². The predicted octanol–water partition coefficient (Wildman–Crippen LogP) is 6.70. The molecule has 0 heterocycles. The van der Waals surface area contributed by atoms with E-state index >= 15 is 0 Å². The van der Waals surface area contributed by atoms with Gasteiger partial charge in [-0.3, -0.25) is 4.79 Å². The van der Waals surface area contributed by atoms with Crippen LogP contribution in [0, 0.1) is 11.3 Å². The molecule has 4 heteroatoms. The molecule has 5 saturated carbocycles. The first-order valence-electron chi connectivity index (χ1n) is 13.4. The quantitative estimate of drug-likeness (QED) is 0.438. The van der Waals surface area contributed by atoms with Gasteiger partial charge in [-0.05, 0) is 116 Å². The Labute approximate surface area is 208 Å².